The number of nitrogens with one attached hydrogen (secondary N) is 1. The highest BCUT2D eigenvalue weighted by Crippen LogP contribution is 2.23. The highest BCUT2D eigenvalue weighted by Gasteiger charge is 2.07. The standard InChI is InChI=1S/C4H8N5OP/c5-11(6,10)9-4-7-2-1-3-8-4/h1-3H,(H5,5,6,7,8,9,10). The molecule has 7 heteroatoms. The van der Waals surface area contributed by atoms with Crippen molar-refractivity contribution in [2.24, 2.45) is 11.0 Å². The highest BCUT2D eigenvalue weighted by atomic mass is 31.2. The second-order valence-corrected chi connectivity index (χ2v) is 3.54. The predicted molar refractivity (Wildman–Crippen MR) is 41.6 cm³/mol. The number of hydrogen-bond donors (Lipinski definition) is 3. The van der Waals surface area contributed by atoms with E-state index in [1.54, 1.807) is 6.07 Å². The Hall–Kier alpha value is -0.970. The minimum Gasteiger partial charge on any atom is -0.281 e. The number of hydrogen-bond acceptors (Lipinski definition) is 3. The highest BCUT2D eigenvalue weighted by molar-refractivity contribution is 7.60. The molecule has 60 valence electrons. The van der Waals surface area contributed by atoms with Gasteiger partial charge in [-0.15, -0.1) is 0 Å². The Morgan fingerprint density at radius 3 is 2.36 bits per heavy atom. The van der Waals surface area contributed by atoms with E-state index in [1.807, 2.05) is 0 Å². The molecule has 0 aliphatic carbocycles. The number of nitrogens with two attached hydrogens (primary N) is 2. The number of aromatic nitrogens is 2. The summed E-state index contributed by atoms with van der Waals surface area (Å²) in [6, 6.07) is 1.63. The van der Waals surface area contributed by atoms with E-state index in [4.69, 9.17) is 11.0 Å². The van der Waals surface area contributed by atoms with Crippen LogP contribution in [-0.2, 0) is 4.57 Å². The van der Waals surface area contributed by atoms with Crippen molar-refractivity contribution in [1.82, 2.24) is 9.97 Å². The number of anilines is 1. The van der Waals surface area contributed by atoms with Gasteiger partial charge in [0.05, 0.1) is 0 Å². The lowest BCUT2D eigenvalue weighted by Gasteiger charge is -2.06. The summed E-state index contributed by atoms with van der Waals surface area (Å²) in [6.45, 7) is 0. The molecule has 0 radical (unpaired) electrons. The Kier molecular flexibility index (Phi) is 2.19. The van der Waals surface area contributed by atoms with Crippen molar-refractivity contribution in [2.45, 2.75) is 0 Å². The molecule has 1 aromatic rings. The van der Waals surface area contributed by atoms with Crippen LogP contribution in [0.1, 0.15) is 0 Å². The van der Waals surface area contributed by atoms with Crippen LogP contribution in [0.2, 0.25) is 0 Å². The molecule has 0 saturated carbocycles. The van der Waals surface area contributed by atoms with E-state index in [1.165, 1.54) is 12.4 Å². The van der Waals surface area contributed by atoms with Crippen molar-refractivity contribution in [3.63, 3.8) is 0 Å². The van der Waals surface area contributed by atoms with Crippen LogP contribution in [0.4, 0.5) is 5.95 Å². The van der Waals surface area contributed by atoms with Gasteiger partial charge in [0.1, 0.15) is 0 Å². The third-order valence-corrected chi connectivity index (χ3v) is 1.39. The van der Waals surface area contributed by atoms with Crippen LogP contribution in [0, 0.1) is 0 Å². The monoisotopic (exact) mass is 173 g/mol. The minimum absolute atomic E-state index is 0.167. The number of nitrogens with zero attached hydrogens (tertiary/aromatic N) is 2. The van der Waals surface area contributed by atoms with Gasteiger partial charge in [-0.25, -0.2) is 9.97 Å². The Balaban J connectivity index is 2.74. The van der Waals surface area contributed by atoms with E-state index < -0.39 is 7.59 Å². The summed E-state index contributed by atoms with van der Waals surface area (Å²) < 4.78 is 10.7. The van der Waals surface area contributed by atoms with Gasteiger partial charge in [0.2, 0.25) is 5.95 Å². The average Bonchev–Trinajstić information content (AvgIpc) is 1.85. The molecule has 11 heavy (non-hydrogen) atoms. The molecular weight excluding hydrogens is 165 g/mol. The molecule has 0 bridgehead atoms. The Bertz CT molecular complexity index is 269. The van der Waals surface area contributed by atoms with Gasteiger partial charge in [-0.05, 0) is 6.07 Å². The smallest absolute Gasteiger partial charge is 0.281 e. The molecule has 0 aliphatic rings. The largest absolute Gasteiger partial charge is 0.300 e. The average molecular weight is 173 g/mol. The second-order valence-electron chi connectivity index (χ2n) is 1.89. The fourth-order valence-electron chi connectivity index (χ4n) is 0.513. The summed E-state index contributed by atoms with van der Waals surface area (Å²) >= 11 is 0. The SMILES string of the molecule is NP(N)(=O)Nc1ncccn1. The molecule has 0 fully saturated rings. The molecule has 1 heterocycles. The molecule has 6 nitrogen and oxygen atoms in total. The molecular formula is C4H8N5OP. The Labute approximate surface area is 63.6 Å². The van der Waals surface area contributed by atoms with Crippen LogP contribution in [0.25, 0.3) is 0 Å². The summed E-state index contributed by atoms with van der Waals surface area (Å²) in [7, 11) is -3.26. The zero-order valence-corrected chi connectivity index (χ0v) is 6.53. The first-order chi connectivity index (χ1) is 5.08. The van der Waals surface area contributed by atoms with Crippen LogP contribution < -0.4 is 16.1 Å². The molecule has 0 aliphatic heterocycles. The molecule has 1 rings (SSSR count). The first-order valence-electron chi connectivity index (χ1n) is 2.80. The normalized spacial score (nSPS) is 11.1. The molecule has 0 aromatic carbocycles. The van der Waals surface area contributed by atoms with E-state index in [-0.39, 0.29) is 5.95 Å². The minimum atomic E-state index is -3.26. The molecule has 0 unspecified atom stereocenters. The van der Waals surface area contributed by atoms with Crippen LogP contribution in [0.3, 0.4) is 0 Å². The third-order valence-electron chi connectivity index (χ3n) is 0.841. The summed E-state index contributed by atoms with van der Waals surface area (Å²) in [5.74, 6) is 0.167. The van der Waals surface area contributed by atoms with Crippen molar-refractivity contribution >= 4 is 13.5 Å². The molecule has 0 atom stereocenters. The quantitative estimate of drug-likeness (QED) is 0.539. The van der Waals surface area contributed by atoms with Crippen molar-refractivity contribution < 1.29 is 4.57 Å². The zero-order chi connectivity index (χ0) is 8.32. The van der Waals surface area contributed by atoms with Gasteiger partial charge in [-0.2, -0.15) is 0 Å². The fraction of sp³-hybridized carbons (Fsp3) is 0. The van der Waals surface area contributed by atoms with Crippen molar-refractivity contribution in [3.8, 4) is 0 Å². The molecule has 0 spiro atoms. The van der Waals surface area contributed by atoms with Crippen LogP contribution in [0.5, 0.6) is 0 Å². The topological polar surface area (TPSA) is 107 Å². The van der Waals surface area contributed by atoms with E-state index in [9.17, 15) is 4.57 Å². The van der Waals surface area contributed by atoms with Gasteiger partial charge >= 0.3 is 0 Å². The van der Waals surface area contributed by atoms with Gasteiger partial charge in [0.25, 0.3) is 7.59 Å². The maximum Gasteiger partial charge on any atom is 0.300 e. The van der Waals surface area contributed by atoms with Crippen LogP contribution in [0.15, 0.2) is 18.5 Å². The van der Waals surface area contributed by atoms with Gasteiger partial charge in [-0.3, -0.25) is 20.7 Å². The van der Waals surface area contributed by atoms with Gasteiger partial charge in [0.15, 0.2) is 0 Å². The van der Waals surface area contributed by atoms with Crippen molar-refractivity contribution in [3.05, 3.63) is 18.5 Å². The summed E-state index contributed by atoms with van der Waals surface area (Å²) in [6.07, 6.45) is 2.98. The summed E-state index contributed by atoms with van der Waals surface area (Å²) in [5.41, 5.74) is 10.0. The van der Waals surface area contributed by atoms with E-state index >= 15 is 0 Å². The molecule has 1 aromatic heterocycles. The van der Waals surface area contributed by atoms with Crippen LogP contribution in [-0.4, -0.2) is 9.97 Å². The van der Waals surface area contributed by atoms with Gasteiger partial charge in [0, 0.05) is 12.4 Å². The van der Waals surface area contributed by atoms with E-state index in [0.717, 1.165) is 0 Å². The summed E-state index contributed by atoms with van der Waals surface area (Å²) in [4.78, 5) is 7.42. The zero-order valence-electron chi connectivity index (χ0n) is 5.64. The van der Waals surface area contributed by atoms with Gasteiger partial charge < -0.3 is 0 Å². The molecule has 5 N–H and O–H groups in total. The predicted octanol–water partition coefficient (Wildman–Crippen LogP) is -0.0860. The van der Waals surface area contributed by atoms with E-state index in [0.29, 0.717) is 0 Å². The maximum absolute atomic E-state index is 10.7. The van der Waals surface area contributed by atoms with Crippen LogP contribution >= 0.6 is 7.59 Å². The first-order valence-corrected chi connectivity index (χ1v) is 4.65. The first kappa shape index (κ1) is 8.13. The van der Waals surface area contributed by atoms with Gasteiger partial charge in [-0.1, -0.05) is 0 Å². The lowest BCUT2D eigenvalue weighted by molar-refractivity contribution is 0.580. The molecule has 0 saturated heterocycles. The fourth-order valence-corrected chi connectivity index (χ4v) is 0.941. The lowest BCUT2D eigenvalue weighted by Crippen LogP contribution is -2.14. The third kappa shape index (κ3) is 3.08. The maximum atomic E-state index is 10.7. The van der Waals surface area contributed by atoms with Crippen molar-refractivity contribution in [2.75, 3.05) is 5.09 Å². The Morgan fingerprint density at radius 1 is 1.36 bits per heavy atom. The summed E-state index contributed by atoms with van der Waals surface area (Å²) in [5, 5.41) is 2.27. The van der Waals surface area contributed by atoms with E-state index in [2.05, 4.69) is 15.1 Å². The van der Waals surface area contributed by atoms with Crippen molar-refractivity contribution in [1.29, 1.82) is 0 Å². The number of rotatable bonds is 2. The molecule has 0 amide bonds. The Morgan fingerprint density at radius 2 is 1.91 bits per heavy atom. The second kappa shape index (κ2) is 2.96. The lowest BCUT2D eigenvalue weighted by atomic mass is 10.7.